The van der Waals surface area contributed by atoms with Gasteiger partial charge in [0.15, 0.2) is 0 Å². The van der Waals surface area contributed by atoms with Crippen LogP contribution in [0.1, 0.15) is 12.0 Å². The molecule has 0 aliphatic carbocycles. The van der Waals surface area contributed by atoms with E-state index in [-0.39, 0.29) is 0 Å². The number of hydrogen-bond acceptors (Lipinski definition) is 0. The van der Waals surface area contributed by atoms with Gasteiger partial charge in [0.2, 0.25) is 0 Å². The van der Waals surface area contributed by atoms with Gasteiger partial charge < -0.3 is 0 Å². The van der Waals surface area contributed by atoms with Crippen LogP contribution in [0.5, 0.6) is 0 Å². The van der Waals surface area contributed by atoms with Crippen LogP contribution in [0.25, 0.3) is 5.20 Å². The largest absolute Gasteiger partial charge is 0.115 e. The van der Waals surface area contributed by atoms with Crippen molar-refractivity contribution in [3.63, 3.8) is 0 Å². The van der Waals surface area contributed by atoms with Crippen LogP contribution in [-0.2, 0) is 0 Å². The quantitative estimate of drug-likeness (QED) is 0.521. The Morgan fingerprint density at radius 2 is 1.11 bits per heavy atom. The van der Waals surface area contributed by atoms with Crippen molar-refractivity contribution in [1.82, 2.24) is 0 Å². The van der Waals surface area contributed by atoms with Crippen LogP contribution in [-0.4, -0.2) is 16.1 Å². The molecule has 0 spiro atoms. The van der Waals surface area contributed by atoms with Crippen LogP contribution < -0.4 is 10.4 Å². The first-order chi connectivity index (χ1) is 13.1. The lowest BCUT2D eigenvalue weighted by molar-refractivity contribution is 1.04. The lowest BCUT2D eigenvalue weighted by Crippen LogP contribution is -2.46. The van der Waals surface area contributed by atoms with E-state index in [2.05, 4.69) is 110 Å². The van der Waals surface area contributed by atoms with Gasteiger partial charge in [0.25, 0.3) is 0 Å². The summed E-state index contributed by atoms with van der Waals surface area (Å²) in [4.78, 5) is 0. The van der Waals surface area contributed by atoms with Gasteiger partial charge in [-0.25, -0.2) is 0 Å². The van der Waals surface area contributed by atoms with Crippen LogP contribution in [0, 0.1) is 0 Å². The first-order valence-electron chi connectivity index (χ1n) is 10.0. The van der Waals surface area contributed by atoms with Gasteiger partial charge in [-0.2, -0.15) is 0 Å². The van der Waals surface area contributed by atoms with Gasteiger partial charge in [-0.3, -0.25) is 0 Å². The Morgan fingerprint density at radius 3 is 1.70 bits per heavy atom. The number of hydrogen-bond donors (Lipinski definition) is 0. The molecule has 0 unspecified atom stereocenters. The molecule has 0 saturated heterocycles. The molecule has 0 N–H and O–H groups in total. The van der Waals surface area contributed by atoms with E-state index in [1.165, 1.54) is 24.1 Å². The molecule has 136 valence electrons. The van der Waals surface area contributed by atoms with Gasteiger partial charge in [0.05, 0.1) is 0 Å². The van der Waals surface area contributed by atoms with Crippen molar-refractivity contribution in [3.05, 3.63) is 102 Å². The van der Waals surface area contributed by atoms with E-state index in [1.54, 1.807) is 15.6 Å². The maximum Gasteiger partial charge on any atom is 0.115 e. The van der Waals surface area contributed by atoms with Crippen molar-refractivity contribution in [1.29, 1.82) is 0 Å². The molecule has 2 heteroatoms. The highest BCUT2D eigenvalue weighted by molar-refractivity contribution is 7.09. The molecule has 0 aromatic heterocycles. The average Bonchev–Trinajstić information content (AvgIpc) is 2.88. The Balaban J connectivity index is 1.93. The monoisotopic (exact) mass is 384 g/mol. The fraction of sp³-hybridized carbons (Fsp3) is 0.200. The Morgan fingerprint density at radius 1 is 0.593 bits per heavy atom. The summed E-state index contributed by atoms with van der Waals surface area (Å²) in [6.45, 7) is 5.16. The fourth-order valence-corrected chi connectivity index (χ4v) is 14.0. The molecule has 3 aromatic carbocycles. The van der Waals surface area contributed by atoms with E-state index in [1.807, 2.05) is 0 Å². The van der Waals surface area contributed by atoms with E-state index >= 15 is 0 Å². The molecular formula is C25H28Si2. The minimum absolute atomic E-state index is 1.34. The summed E-state index contributed by atoms with van der Waals surface area (Å²) < 4.78 is 0. The summed E-state index contributed by atoms with van der Waals surface area (Å²) >= 11 is 0. The molecule has 1 aliphatic rings. The fourth-order valence-electron chi connectivity index (χ4n) is 4.67. The summed E-state index contributed by atoms with van der Waals surface area (Å²) in [5.41, 5.74) is 4.20. The second-order valence-electron chi connectivity index (χ2n) is 8.26. The van der Waals surface area contributed by atoms with Crippen LogP contribution in [0.2, 0.25) is 25.2 Å². The van der Waals surface area contributed by atoms with E-state index in [9.17, 15) is 0 Å². The average molecular weight is 385 g/mol. The second kappa shape index (κ2) is 7.45. The van der Waals surface area contributed by atoms with Gasteiger partial charge in [-0.05, 0) is 11.6 Å². The summed E-state index contributed by atoms with van der Waals surface area (Å²) in [6.07, 6.45) is 1.34. The second-order valence-corrected chi connectivity index (χ2v) is 16.7. The van der Waals surface area contributed by atoms with Crippen molar-refractivity contribution in [3.8, 4) is 0 Å². The number of benzene rings is 3. The molecule has 0 bridgehead atoms. The maximum atomic E-state index is 2.77. The highest BCUT2D eigenvalue weighted by atomic mass is 28.3. The third kappa shape index (κ3) is 3.52. The zero-order valence-electron chi connectivity index (χ0n) is 16.4. The Bertz CT molecular complexity index is 918. The summed E-state index contributed by atoms with van der Waals surface area (Å²) in [7, 11) is -3.42. The molecule has 27 heavy (non-hydrogen) atoms. The zero-order valence-corrected chi connectivity index (χ0v) is 18.4. The predicted octanol–water partition coefficient (Wildman–Crippen LogP) is 5.52. The lowest BCUT2D eigenvalue weighted by atomic mass is 10.2. The third-order valence-corrected chi connectivity index (χ3v) is 15.2. The van der Waals surface area contributed by atoms with Crippen LogP contribution in [0.3, 0.4) is 0 Å². The van der Waals surface area contributed by atoms with E-state index < -0.39 is 16.1 Å². The zero-order chi connectivity index (χ0) is 18.7. The highest BCUT2D eigenvalue weighted by Crippen LogP contribution is 2.37. The van der Waals surface area contributed by atoms with Crippen molar-refractivity contribution in [2.24, 2.45) is 0 Å². The molecule has 1 heterocycles. The standard InChI is InChI=1S/C25H28Si2/c1-26(23-15-8-4-9-16-23)19-12-20-27(2,24-17-10-5-11-18-24)25(21-26)22-13-6-3-7-14-22/h3-11,13-18,21H,12,19-20H2,1-2H3/t26-,27-/m1/s1. The third-order valence-electron chi connectivity index (χ3n) is 6.36. The molecule has 0 saturated carbocycles. The number of rotatable bonds is 3. The molecule has 0 nitrogen and oxygen atoms in total. The van der Waals surface area contributed by atoms with Crippen LogP contribution >= 0.6 is 0 Å². The lowest BCUT2D eigenvalue weighted by Gasteiger charge is -2.31. The smallest absolute Gasteiger partial charge is 0.0898 e. The Kier molecular flexibility index (Phi) is 5.03. The maximum absolute atomic E-state index is 2.77. The molecule has 4 rings (SSSR count). The molecule has 3 aromatic rings. The summed E-state index contributed by atoms with van der Waals surface area (Å²) in [6, 6.07) is 36.5. The van der Waals surface area contributed by atoms with Crippen LogP contribution in [0.4, 0.5) is 0 Å². The highest BCUT2D eigenvalue weighted by Gasteiger charge is 2.40. The topological polar surface area (TPSA) is 0 Å². The molecule has 2 atom stereocenters. The molecule has 1 aliphatic heterocycles. The van der Waals surface area contributed by atoms with Gasteiger partial charge in [-0.1, -0.05) is 138 Å². The normalized spacial score (nSPS) is 25.5. The minimum atomic E-state index is -1.76. The van der Waals surface area contributed by atoms with Gasteiger partial charge >= 0.3 is 0 Å². The molecule has 0 fully saturated rings. The van der Waals surface area contributed by atoms with Gasteiger partial charge in [0.1, 0.15) is 16.1 Å². The first kappa shape index (κ1) is 18.2. The Hall–Kier alpha value is -2.17. The van der Waals surface area contributed by atoms with Crippen molar-refractivity contribution in [2.75, 3.05) is 0 Å². The van der Waals surface area contributed by atoms with E-state index in [4.69, 9.17) is 0 Å². The van der Waals surface area contributed by atoms with Crippen LogP contribution in [0.15, 0.2) is 96.7 Å². The van der Waals surface area contributed by atoms with Gasteiger partial charge in [0, 0.05) is 0 Å². The Labute approximate surface area is 165 Å². The first-order valence-corrected chi connectivity index (χ1v) is 15.5. The molecular weight excluding hydrogens is 356 g/mol. The minimum Gasteiger partial charge on any atom is -0.0898 e. The molecule has 0 radical (unpaired) electrons. The summed E-state index contributed by atoms with van der Waals surface area (Å²) in [5.74, 6) is 0. The van der Waals surface area contributed by atoms with E-state index in [0.29, 0.717) is 0 Å². The van der Waals surface area contributed by atoms with Crippen molar-refractivity contribution < 1.29 is 0 Å². The SMILES string of the molecule is C[Si@]1(c2ccccc2)C=C(c2ccccc2)[Si@@](C)(c2ccccc2)CCC1. The van der Waals surface area contributed by atoms with E-state index in [0.717, 1.165) is 0 Å². The molecule has 0 amide bonds. The van der Waals surface area contributed by atoms with Crippen molar-refractivity contribution in [2.45, 2.75) is 31.6 Å². The van der Waals surface area contributed by atoms with Gasteiger partial charge in [-0.15, -0.1) is 0 Å². The predicted molar refractivity (Wildman–Crippen MR) is 124 cm³/mol. The van der Waals surface area contributed by atoms with Crippen molar-refractivity contribution >= 4 is 31.7 Å². The summed E-state index contributed by atoms with van der Waals surface area (Å²) in [5, 5.41) is 4.81.